The van der Waals surface area contributed by atoms with E-state index in [-0.39, 0.29) is 42.4 Å². The van der Waals surface area contributed by atoms with Crippen LogP contribution in [-0.4, -0.2) is 235 Å². The molecule has 0 bridgehead atoms. The second-order valence-corrected chi connectivity index (χ2v) is 32.1. The molecule has 0 aromatic carbocycles. The molecule has 3 radical (unpaired) electrons. The van der Waals surface area contributed by atoms with Crippen LogP contribution in [0.3, 0.4) is 0 Å². The number of imidazole rings is 2. The third-order valence-electron chi connectivity index (χ3n) is 17.3. The predicted molar refractivity (Wildman–Crippen MR) is 416 cm³/mol. The van der Waals surface area contributed by atoms with Gasteiger partial charge in [-0.3, -0.25) is 18.2 Å². The molecule has 12 atom stereocenters. The molecule has 609 valence electrons. The van der Waals surface area contributed by atoms with Crippen molar-refractivity contribution >= 4 is 74.4 Å². The number of hydrogen-bond acceptors (Lipinski definition) is 27. The minimum atomic E-state index is -5.84. The Morgan fingerprint density at radius 2 is 0.657 bits per heavy atom. The molecular weight excluding hydrogens is 1440 g/mol. The van der Waals surface area contributed by atoms with E-state index in [0.717, 1.165) is 12.7 Å². The van der Waals surface area contributed by atoms with Gasteiger partial charge in [0.1, 0.15) is 60.3 Å². The van der Waals surface area contributed by atoms with E-state index in [0.29, 0.717) is 0 Å². The topological polar surface area (TPSA) is 430 Å². The molecule has 2 aliphatic heterocycles. The van der Waals surface area contributed by atoms with Crippen molar-refractivity contribution in [3.8, 4) is 0 Å². The Bertz CT molecular complexity index is 2810. The molecule has 32 nitrogen and oxygen atoms in total. The summed E-state index contributed by atoms with van der Waals surface area (Å²) in [6.45, 7) is 41.1. The van der Waals surface area contributed by atoms with Gasteiger partial charge in [0.15, 0.2) is 35.4 Å². The Balaban J connectivity index is 0.000000839. The molecule has 4 unspecified atom stereocenters. The van der Waals surface area contributed by atoms with Gasteiger partial charge in [0.05, 0.1) is 25.9 Å². The summed E-state index contributed by atoms with van der Waals surface area (Å²) in [4.78, 5) is 73.8. The van der Waals surface area contributed by atoms with Gasteiger partial charge < -0.3 is 80.5 Å². The van der Waals surface area contributed by atoms with Crippen LogP contribution < -0.4 is 11.5 Å². The monoisotopic (exact) mass is 1570 g/mol. The zero-order valence-corrected chi connectivity index (χ0v) is 68.9. The number of aromatic nitrogens is 8. The van der Waals surface area contributed by atoms with Crippen molar-refractivity contribution in [1.82, 2.24) is 58.6 Å². The van der Waals surface area contributed by atoms with Gasteiger partial charge in [0.2, 0.25) is 0 Å². The Kier molecular flexibility index (Phi) is 54.6. The molecule has 37 heteroatoms. The van der Waals surface area contributed by atoms with E-state index >= 15 is 0 Å². The number of anilines is 2. The van der Waals surface area contributed by atoms with Gasteiger partial charge in [-0.05, 0) is 156 Å². The maximum atomic E-state index is 12.4. The Morgan fingerprint density at radius 1 is 0.410 bits per heavy atom. The van der Waals surface area contributed by atoms with Crippen molar-refractivity contribution in [2.24, 2.45) is 0 Å². The molecule has 6 rings (SSSR count). The van der Waals surface area contributed by atoms with Crippen LogP contribution in [0.15, 0.2) is 25.3 Å². The lowest BCUT2D eigenvalue weighted by molar-refractivity contribution is -0.0504. The van der Waals surface area contributed by atoms with Crippen LogP contribution in [0.5, 0.6) is 0 Å². The van der Waals surface area contributed by atoms with Crippen LogP contribution in [0.1, 0.15) is 250 Å². The summed E-state index contributed by atoms with van der Waals surface area (Å²) in [7, 11) is -20.7. The van der Waals surface area contributed by atoms with Gasteiger partial charge in [0.25, 0.3) is 0 Å². The molecule has 0 amide bonds. The fraction of sp³-hybridized carbons (Fsp3) is 0.853. The van der Waals surface area contributed by atoms with Crippen molar-refractivity contribution in [1.29, 1.82) is 0 Å². The minimum absolute atomic E-state index is 0. The number of phosphoric ester groups is 2. The number of nitrogen functional groups attached to an aromatic ring is 2. The van der Waals surface area contributed by atoms with E-state index in [1.54, 1.807) is 0 Å². The Morgan fingerprint density at radius 3 is 0.914 bits per heavy atom. The molecule has 4 aromatic heterocycles. The number of rotatable bonds is 50. The number of phosphoric acid groups is 3. The number of nitrogens with zero attached hydrogens (tertiary/aromatic N) is 12. The molecule has 0 aliphatic carbocycles. The van der Waals surface area contributed by atoms with E-state index in [9.17, 15) is 53.7 Å². The fourth-order valence-corrected chi connectivity index (χ4v) is 15.2. The number of unbranched alkanes of at least 4 members (excludes halogenated alkanes) is 12. The van der Waals surface area contributed by atoms with Gasteiger partial charge in [-0.1, -0.05) is 160 Å². The molecular formula is C68H136BN14O18P4. The summed E-state index contributed by atoms with van der Waals surface area (Å²) in [6.07, 6.45) is 24.4. The molecule has 0 saturated carbocycles. The summed E-state index contributed by atoms with van der Waals surface area (Å²) in [5, 5.41) is 41.8. The lowest BCUT2D eigenvalue weighted by atomic mass is 10.1. The van der Waals surface area contributed by atoms with Crippen molar-refractivity contribution in [3.05, 3.63) is 25.3 Å². The fourth-order valence-electron chi connectivity index (χ4n) is 10.9. The van der Waals surface area contributed by atoms with Crippen molar-refractivity contribution in [2.75, 3.05) is 103 Å². The molecule has 105 heavy (non-hydrogen) atoms. The molecule has 0 spiro atoms. The van der Waals surface area contributed by atoms with E-state index < -0.39 is 94.4 Å². The lowest BCUT2D eigenvalue weighted by Gasteiger charge is -2.21. The highest BCUT2D eigenvalue weighted by Crippen LogP contribution is 2.68. The highest BCUT2D eigenvalue weighted by molar-refractivity contribution is 7.67. The largest absolute Gasteiger partial charge is 0.488 e. The average molecular weight is 1570 g/mol. The summed E-state index contributed by atoms with van der Waals surface area (Å²) in [5.74, 6) is 0.0236. The number of nitrogens with two attached hydrogens (primary N) is 2. The van der Waals surface area contributed by atoms with Crippen molar-refractivity contribution in [3.63, 3.8) is 0 Å². The minimum Gasteiger partial charge on any atom is -0.387 e. The van der Waals surface area contributed by atoms with Gasteiger partial charge in [-0.25, -0.2) is 52.2 Å². The highest BCUT2D eigenvalue weighted by Gasteiger charge is 2.48. The van der Waals surface area contributed by atoms with Crippen LogP contribution in [0.25, 0.3) is 22.3 Å². The first kappa shape index (κ1) is 100. The summed E-state index contributed by atoms with van der Waals surface area (Å²) < 4.78 is 72.2. The van der Waals surface area contributed by atoms with Crippen LogP contribution in [0, 0.1) is 0 Å². The molecule has 2 fully saturated rings. The van der Waals surface area contributed by atoms with Crippen LogP contribution >= 0.6 is 32.1 Å². The zero-order chi connectivity index (χ0) is 77.5. The number of aliphatic hydroxyl groups is 4. The third-order valence-corrected chi connectivity index (χ3v) is 22.7. The maximum absolute atomic E-state index is 12.4. The Hall–Kier alpha value is -2.88. The van der Waals surface area contributed by atoms with Gasteiger partial charge in [0, 0.05) is 8.41 Å². The second-order valence-electron chi connectivity index (χ2n) is 26.3. The lowest BCUT2D eigenvalue weighted by Crippen LogP contribution is -2.33. The average Bonchev–Trinajstić information content (AvgIpc) is 1.63. The van der Waals surface area contributed by atoms with Gasteiger partial charge in [-0.2, -0.15) is 4.31 Å². The number of ether oxygens (including phenoxy) is 2. The van der Waals surface area contributed by atoms with Crippen LogP contribution in [-0.2, 0) is 45.1 Å². The molecule has 2 saturated heterocycles. The maximum Gasteiger partial charge on any atom is 0.488 e. The van der Waals surface area contributed by atoms with Gasteiger partial charge >= 0.3 is 32.1 Å². The van der Waals surface area contributed by atoms with Gasteiger partial charge in [-0.15, -0.1) is 0 Å². The van der Waals surface area contributed by atoms with Crippen molar-refractivity contribution in [2.45, 2.75) is 286 Å². The van der Waals surface area contributed by atoms with E-state index in [2.05, 4.69) is 155 Å². The second kappa shape index (κ2) is 57.2. The van der Waals surface area contributed by atoms with Crippen LogP contribution in [0.2, 0.25) is 0 Å². The standard InChI is InChI=1S/C20H28N10O18P4.4C12H27N.B/c21-15-9-17(25-3-23-15)29(5-27-9)19-13(33)11(31)7(44-19)1-42-50(36,37)46-49(35)47-52(40,41)48-51(38,39)43-2-8-12(32)14(34)20(45-8)30-6-28-10-16(22)24-4-26-18(10)30;4*1-4-7-10-13(11-8-5-2)12-9-6-3;/h3-8,11-14,19-20,31-35H,1-2H2,(H,36,37)(H,38,39)(H,40,41)(H2,21,23,25)(H2,22,24,26);4*4-12H2,1-3H3;/t7-,8-,11-,12-,13-,14-,19-,20-,49?;;;;;/m1...../s1. The van der Waals surface area contributed by atoms with Crippen LogP contribution in [0.4, 0.5) is 11.6 Å². The summed E-state index contributed by atoms with van der Waals surface area (Å²) in [5.41, 5.74) is 12.0. The molecule has 6 heterocycles. The predicted octanol–water partition coefficient (Wildman–Crippen LogP) is 12.0. The molecule has 4 aromatic rings. The quantitative estimate of drug-likeness (QED) is 0.0145. The highest BCUT2D eigenvalue weighted by atomic mass is 31.3. The first-order chi connectivity index (χ1) is 49.7. The first-order valence-corrected chi connectivity index (χ1v) is 44.0. The first-order valence-electron chi connectivity index (χ1n) is 38.4. The molecule has 12 N–H and O–H groups in total. The number of fused-ring (bicyclic) bond motifs is 2. The van der Waals surface area contributed by atoms with E-state index in [1.165, 1.54) is 254 Å². The smallest absolute Gasteiger partial charge is 0.387 e. The molecule has 2 aliphatic rings. The summed E-state index contributed by atoms with van der Waals surface area (Å²) >= 11 is 0. The summed E-state index contributed by atoms with van der Waals surface area (Å²) in [6, 6.07) is 0. The number of hydrogen-bond donors (Lipinski definition) is 10. The van der Waals surface area contributed by atoms with Crippen molar-refractivity contribution < 1.29 is 85.1 Å². The normalized spacial score (nSPS) is 20.7. The number of aliphatic hydroxyl groups excluding tert-OH is 4. The Labute approximate surface area is 630 Å². The SMILES string of the molecule is CCCCN(CCCC)CCCC.CCCCN(CCCC)CCCC.CCCCN(CCCC)CCCC.CCCCN(CCCC)CCCC.Nc1ncnc2c1ncn2[C@@H]1O[C@H](COP(=O)(O)OP(O)OP(=O)(O)OP(=O)(O)OC[C@H]2O[C@@H](n3cnc4c(N)ncnc43)[C@H](O)[C@@H]2O)[C@@H](O)[C@H]1O.[B]. The van der Waals surface area contributed by atoms with E-state index in [1.807, 2.05) is 0 Å². The zero-order valence-electron chi connectivity index (χ0n) is 65.3. The third kappa shape index (κ3) is 39.2. The van der Waals surface area contributed by atoms with E-state index in [4.69, 9.17) is 20.9 Å².